The molecule has 0 radical (unpaired) electrons. The molecule has 0 aliphatic carbocycles. The molecule has 0 fully saturated rings. The molecule has 0 unspecified atom stereocenters. The summed E-state index contributed by atoms with van der Waals surface area (Å²) >= 11 is 1.54. The van der Waals surface area contributed by atoms with Gasteiger partial charge in [-0.25, -0.2) is 18.4 Å². The van der Waals surface area contributed by atoms with E-state index >= 15 is 0 Å². The number of benzene rings is 1. The van der Waals surface area contributed by atoms with E-state index in [4.69, 9.17) is 5.26 Å². The summed E-state index contributed by atoms with van der Waals surface area (Å²) in [5.41, 5.74) is 3.54. The summed E-state index contributed by atoms with van der Waals surface area (Å²) in [4.78, 5) is 10.5. The molecule has 4 rings (SSSR count). The van der Waals surface area contributed by atoms with Gasteiger partial charge in [-0.15, -0.1) is 0 Å². The molecule has 4 aromatic rings. The minimum Gasteiger partial charge on any atom is -0.366 e. The Balaban J connectivity index is 1.53. The SMILES string of the molecule is Cn1cnc(S(=O)(=O)N(CCCN(Cc2cncn2C)c2ccc(C#N)cc2)Cc2ccsc2)c1. The molecule has 0 aliphatic rings. The number of rotatable bonds is 11. The molecule has 1 aromatic carbocycles. The second kappa shape index (κ2) is 10.9. The van der Waals surface area contributed by atoms with Crippen molar-refractivity contribution in [3.8, 4) is 6.07 Å². The van der Waals surface area contributed by atoms with E-state index < -0.39 is 10.0 Å². The van der Waals surface area contributed by atoms with Gasteiger partial charge in [0.05, 0.1) is 36.5 Å². The van der Waals surface area contributed by atoms with E-state index in [1.54, 1.807) is 41.4 Å². The van der Waals surface area contributed by atoms with Gasteiger partial charge in [-0.3, -0.25) is 0 Å². The van der Waals surface area contributed by atoms with E-state index in [1.165, 1.54) is 16.8 Å². The highest BCUT2D eigenvalue weighted by Gasteiger charge is 2.27. The third-order valence-corrected chi connectivity index (χ3v) is 8.15. The van der Waals surface area contributed by atoms with Crippen LogP contribution in [0.15, 0.2) is 71.2 Å². The molecule has 11 heteroatoms. The Morgan fingerprint density at radius 1 is 1.09 bits per heavy atom. The molecule has 0 N–H and O–H groups in total. The molecule has 3 aromatic heterocycles. The van der Waals surface area contributed by atoms with Crippen molar-refractivity contribution in [1.29, 1.82) is 5.26 Å². The first-order valence-electron chi connectivity index (χ1n) is 11.1. The smallest absolute Gasteiger partial charge is 0.262 e. The molecule has 0 saturated carbocycles. The fourth-order valence-corrected chi connectivity index (χ4v) is 5.83. The average molecular weight is 510 g/mol. The highest BCUT2D eigenvalue weighted by molar-refractivity contribution is 7.89. The van der Waals surface area contributed by atoms with Crippen molar-refractivity contribution in [2.24, 2.45) is 14.1 Å². The summed E-state index contributed by atoms with van der Waals surface area (Å²) < 4.78 is 31.9. The third kappa shape index (κ3) is 5.97. The normalized spacial score (nSPS) is 11.6. The molecule has 0 atom stereocenters. The first kappa shape index (κ1) is 24.7. The topological polar surface area (TPSA) is 100 Å². The van der Waals surface area contributed by atoms with E-state index in [-0.39, 0.29) is 5.03 Å². The zero-order valence-corrected chi connectivity index (χ0v) is 21.3. The lowest BCUT2D eigenvalue weighted by Gasteiger charge is -2.27. The molecule has 182 valence electrons. The minimum atomic E-state index is -3.75. The molecule has 9 nitrogen and oxygen atoms in total. The molecule has 0 aliphatic heterocycles. The van der Waals surface area contributed by atoms with Crippen molar-refractivity contribution < 1.29 is 8.42 Å². The van der Waals surface area contributed by atoms with Crippen LogP contribution in [0, 0.1) is 11.3 Å². The fourth-order valence-electron chi connectivity index (χ4n) is 3.74. The number of hydrogen-bond acceptors (Lipinski definition) is 7. The van der Waals surface area contributed by atoms with Crippen LogP contribution in [0.4, 0.5) is 5.69 Å². The van der Waals surface area contributed by atoms with Crippen molar-refractivity contribution >= 4 is 27.0 Å². The van der Waals surface area contributed by atoms with Crippen molar-refractivity contribution in [3.05, 3.63) is 83.0 Å². The largest absolute Gasteiger partial charge is 0.366 e. The van der Waals surface area contributed by atoms with Crippen LogP contribution in [0.25, 0.3) is 0 Å². The number of imidazole rings is 2. The minimum absolute atomic E-state index is 0.0501. The summed E-state index contributed by atoms with van der Waals surface area (Å²) in [6.07, 6.45) is 7.21. The van der Waals surface area contributed by atoms with Crippen molar-refractivity contribution in [2.75, 3.05) is 18.0 Å². The van der Waals surface area contributed by atoms with Gasteiger partial charge < -0.3 is 14.0 Å². The molecule has 35 heavy (non-hydrogen) atoms. The summed E-state index contributed by atoms with van der Waals surface area (Å²) in [6.45, 7) is 1.86. The maximum absolute atomic E-state index is 13.4. The average Bonchev–Trinajstić information content (AvgIpc) is 3.61. The summed E-state index contributed by atoms with van der Waals surface area (Å²) in [5.74, 6) is 0. The maximum atomic E-state index is 13.4. The lowest BCUT2D eigenvalue weighted by Crippen LogP contribution is -2.34. The Kier molecular flexibility index (Phi) is 7.65. The number of aromatic nitrogens is 4. The van der Waals surface area contributed by atoms with Crippen molar-refractivity contribution in [2.45, 2.75) is 24.5 Å². The Bertz CT molecular complexity index is 1380. The van der Waals surface area contributed by atoms with E-state index in [1.807, 2.05) is 46.8 Å². The van der Waals surface area contributed by atoms with E-state index in [0.29, 0.717) is 38.2 Å². The number of nitrogens with zero attached hydrogens (tertiary/aromatic N) is 7. The quantitative estimate of drug-likeness (QED) is 0.307. The van der Waals surface area contributed by atoms with Crippen LogP contribution in [0.2, 0.25) is 0 Å². The van der Waals surface area contributed by atoms with Gasteiger partial charge in [0, 0.05) is 51.8 Å². The Morgan fingerprint density at radius 3 is 2.49 bits per heavy atom. The Labute approximate surface area is 209 Å². The van der Waals surface area contributed by atoms with Crippen LogP contribution in [-0.2, 0) is 37.2 Å². The number of aryl methyl sites for hydroxylation is 2. The molecule has 0 spiro atoms. The highest BCUT2D eigenvalue weighted by atomic mass is 32.2. The summed E-state index contributed by atoms with van der Waals surface area (Å²) in [7, 11) is -0.0484. The second-order valence-corrected chi connectivity index (χ2v) is 10.9. The first-order chi connectivity index (χ1) is 16.9. The second-order valence-electron chi connectivity index (χ2n) is 8.28. The van der Waals surface area contributed by atoms with E-state index in [0.717, 1.165) is 16.9 Å². The van der Waals surface area contributed by atoms with Gasteiger partial charge in [-0.1, -0.05) is 0 Å². The molecular weight excluding hydrogens is 482 g/mol. The van der Waals surface area contributed by atoms with Gasteiger partial charge in [0.1, 0.15) is 0 Å². The number of sulfonamides is 1. The van der Waals surface area contributed by atoms with Gasteiger partial charge in [0.25, 0.3) is 10.0 Å². The molecule has 0 saturated heterocycles. The molecule has 3 heterocycles. The molecular formula is C24H27N7O2S2. The van der Waals surface area contributed by atoms with Crippen LogP contribution in [0.5, 0.6) is 0 Å². The number of hydrogen-bond donors (Lipinski definition) is 0. The highest BCUT2D eigenvalue weighted by Crippen LogP contribution is 2.21. The monoisotopic (exact) mass is 509 g/mol. The van der Waals surface area contributed by atoms with Crippen LogP contribution >= 0.6 is 11.3 Å². The number of thiophene rings is 1. The maximum Gasteiger partial charge on any atom is 0.262 e. The lowest BCUT2D eigenvalue weighted by atomic mass is 10.2. The standard InChI is InChI=1S/C24H27N7O2S2/c1-28-16-24(27-19-28)35(32,33)31(14-21-8-11-34-17-21)10-3-9-30(15-23-13-26-18-29(23)2)22-6-4-20(12-25)5-7-22/h4-8,11,13,16-19H,3,9-10,14-15H2,1-2H3. The number of nitriles is 1. The van der Waals surface area contributed by atoms with Crippen molar-refractivity contribution in [3.63, 3.8) is 0 Å². The number of anilines is 1. The van der Waals surface area contributed by atoms with Gasteiger partial charge >= 0.3 is 0 Å². The van der Waals surface area contributed by atoms with Crippen molar-refractivity contribution in [1.82, 2.24) is 23.4 Å². The fraction of sp³-hybridized carbons (Fsp3) is 0.292. The Hall–Kier alpha value is -3.46. The third-order valence-electron chi connectivity index (χ3n) is 5.69. The summed E-state index contributed by atoms with van der Waals surface area (Å²) in [6, 6.07) is 11.5. The predicted octanol–water partition coefficient (Wildman–Crippen LogP) is 3.37. The van der Waals surface area contributed by atoms with Crippen LogP contribution in [0.3, 0.4) is 0 Å². The lowest BCUT2D eigenvalue weighted by molar-refractivity contribution is 0.398. The van der Waals surface area contributed by atoms with Gasteiger partial charge in [-0.05, 0) is 53.1 Å². The van der Waals surface area contributed by atoms with Gasteiger partial charge in [-0.2, -0.15) is 20.9 Å². The van der Waals surface area contributed by atoms with E-state index in [2.05, 4.69) is 20.9 Å². The predicted molar refractivity (Wildman–Crippen MR) is 135 cm³/mol. The van der Waals surface area contributed by atoms with Gasteiger partial charge in [0.2, 0.25) is 0 Å². The van der Waals surface area contributed by atoms with E-state index in [9.17, 15) is 8.42 Å². The van der Waals surface area contributed by atoms with Crippen LogP contribution in [0.1, 0.15) is 23.2 Å². The zero-order valence-electron chi connectivity index (χ0n) is 19.6. The molecule has 0 amide bonds. The van der Waals surface area contributed by atoms with Crippen LogP contribution in [-0.4, -0.2) is 44.9 Å². The molecule has 0 bridgehead atoms. The van der Waals surface area contributed by atoms with Crippen LogP contribution < -0.4 is 4.90 Å². The Morgan fingerprint density at radius 2 is 1.89 bits per heavy atom. The summed E-state index contributed by atoms with van der Waals surface area (Å²) in [5, 5.41) is 13.1. The first-order valence-corrected chi connectivity index (χ1v) is 13.4. The van der Waals surface area contributed by atoms with Gasteiger partial charge in [0.15, 0.2) is 5.03 Å². The zero-order chi connectivity index (χ0) is 24.8.